The number of rotatable bonds is 26. The first-order valence-electron chi connectivity index (χ1n) is 29.1. The van der Waals surface area contributed by atoms with Crippen LogP contribution in [0, 0.1) is 17.8 Å². The number of hydrogen-bond acceptors (Lipinski definition) is 27. The quantitative estimate of drug-likeness (QED) is 0.0133. The number of carboxylic acids is 1. The fourth-order valence-corrected chi connectivity index (χ4v) is 13.9. The number of hydrogen-bond donors (Lipinski definition) is 7. The summed E-state index contributed by atoms with van der Waals surface area (Å²) in [6.07, 6.45) is -13.5. The maximum absolute atomic E-state index is 14.3. The van der Waals surface area contributed by atoms with Gasteiger partial charge in [0.05, 0.1) is 68.6 Å². The van der Waals surface area contributed by atoms with Crippen LogP contribution in [-0.4, -0.2) is 196 Å². The number of aliphatic hydroxyl groups is 5. The van der Waals surface area contributed by atoms with Gasteiger partial charge in [-0.3, -0.25) is 14.3 Å². The molecule has 93 heavy (non-hydrogen) atoms. The maximum atomic E-state index is 14.3. The zero-order valence-corrected chi connectivity index (χ0v) is 62.7. The topological polar surface area (TPSA) is 474 Å². The predicted octanol–water partition coefficient (Wildman–Crippen LogP) is -12.6. The summed E-state index contributed by atoms with van der Waals surface area (Å²) in [5.41, 5.74) is -0.103. The average Bonchev–Trinajstić information content (AvgIpc) is 1.28. The standard InChI is InChI=1S/C56H75N5O25S3.4Na/c1-3-36-37(52(68)57-20-10-16-33-27-61(60-59-33)21-11-17-43(63)58-38-25-34(87(72,73)74)23-32-24-35(88(75,76)77)26-42(44(32)38)89(78,79)80)18-19-39(49(36)86-55-48(67)47(66)45(64)29(2)81-55)83-56-51(85-54(71)31-14-8-5-9-15-31)50(46(65)41(28-62)84-56)82-40(53(69)70)22-30-12-6-4-7-13-30;;;;/h5,8-9,14-15,23-27,29-30,36-37,39-41,45-51,55-56,62,64-67H,3-4,6-7,10-13,16-22,28H2,1-2H3,(H,57,68)(H,58,63)(H,69,70)(H,72,73,74)(H,75,76,77)(H,78,79,80);;;;/q;4*+1/p-4/t29-,36-,37?,39+,40-,41+,45+,46-,47+,48-,49+,50-,51+,55-,56+;;;;/m0..../s1. The van der Waals surface area contributed by atoms with E-state index < -0.39 is 183 Å². The number of carbonyl (C=O) groups is 4. The van der Waals surface area contributed by atoms with Gasteiger partial charge in [0.25, 0.3) is 0 Å². The van der Waals surface area contributed by atoms with E-state index in [0.29, 0.717) is 30.3 Å². The van der Waals surface area contributed by atoms with Crippen LogP contribution in [-0.2, 0) is 86.1 Å². The van der Waals surface area contributed by atoms with E-state index in [1.54, 1.807) is 31.3 Å². The van der Waals surface area contributed by atoms with Crippen LogP contribution in [0.5, 0.6) is 0 Å². The van der Waals surface area contributed by atoms with E-state index in [9.17, 15) is 88.7 Å². The molecule has 15 atom stereocenters. The van der Waals surface area contributed by atoms with Crippen molar-refractivity contribution in [2.45, 2.75) is 198 Å². The largest absolute Gasteiger partial charge is 1.00 e. The Balaban J connectivity index is 0.00000461. The van der Waals surface area contributed by atoms with Crippen LogP contribution < -0.4 is 134 Å². The van der Waals surface area contributed by atoms with Gasteiger partial charge in [0, 0.05) is 37.0 Å². The summed E-state index contributed by atoms with van der Waals surface area (Å²) in [5.74, 6) is -5.39. The summed E-state index contributed by atoms with van der Waals surface area (Å²) in [6, 6.07) is 9.71. The van der Waals surface area contributed by atoms with Crippen LogP contribution in [0.4, 0.5) is 5.69 Å². The maximum Gasteiger partial charge on any atom is 1.00 e. The SMILES string of the molecule is CC[C@H]1C(C(=O)NCCCc2cn(CCCC(=O)Nc3cc(S(=O)(=O)[O-])cc4cc(S(=O)(=O)[O-])cc(S(=O)(=O)[O-])c34)nn2)CC[C@@H](O[C@@H]2O[C@H](CO)[C@H](O)[C@H](O[C@@H](CC3CCCCC3)C(=O)[O-])[C@H]2OC(=O)c2ccccc2)[C@@H]1O[C@@H]1O[C@@H](C)[C@@H](O)[C@@H](O)[C@@H]1O.[Na+].[Na+].[Na+].[Na+]. The number of aryl methyl sites for hydroxylation is 2. The average molecular weight is 1400 g/mol. The van der Waals surface area contributed by atoms with E-state index >= 15 is 0 Å². The number of amides is 2. The van der Waals surface area contributed by atoms with Crippen molar-refractivity contribution in [1.82, 2.24) is 20.3 Å². The number of benzene rings is 3. The molecule has 2 saturated heterocycles. The fraction of sp³-hybridized carbons (Fsp3) is 0.607. The molecule has 8 rings (SSSR count). The van der Waals surface area contributed by atoms with Crippen molar-refractivity contribution in [2.24, 2.45) is 17.8 Å². The molecule has 2 amide bonds. The van der Waals surface area contributed by atoms with Crippen molar-refractivity contribution < 1.29 is 235 Å². The number of aliphatic hydroxyl groups excluding tert-OH is 5. The van der Waals surface area contributed by atoms with Gasteiger partial charge in [-0.05, 0) is 105 Å². The summed E-state index contributed by atoms with van der Waals surface area (Å²) in [6.45, 7) is 2.58. The molecule has 2 saturated carbocycles. The molecule has 3 heterocycles. The molecule has 1 unspecified atom stereocenters. The van der Waals surface area contributed by atoms with Crippen LogP contribution >= 0.6 is 0 Å². The fourth-order valence-electron chi connectivity index (χ4n) is 12.0. The number of carboxylic acid groups (broad SMARTS) is 1. The first kappa shape index (κ1) is 83.7. The van der Waals surface area contributed by atoms with Gasteiger partial charge in [-0.25, -0.2) is 30.0 Å². The molecular formula is C56H71N5Na4O25S3. The Labute approximate surface area is 626 Å². The number of carbonyl (C=O) groups excluding carboxylic acids is 4. The monoisotopic (exact) mass is 1400 g/mol. The molecule has 37 heteroatoms. The molecule has 0 bridgehead atoms. The van der Waals surface area contributed by atoms with E-state index in [1.165, 1.54) is 23.7 Å². The van der Waals surface area contributed by atoms with Gasteiger partial charge >= 0.3 is 124 Å². The van der Waals surface area contributed by atoms with Crippen molar-refractivity contribution in [3.8, 4) is 0 Å². The molecule has 1 aromatic heterocycles. The van der Waals surface area contributed by atoms with Gasteiger partial charge in [-0.2, -0.15) is 0 Å². The minimum absolute atomic E-state index is 0. The first-order valence-corrected chi connectivity index (χ1v) is 33.3. The third-order valence-corrected chi connectivity index (χ3v) is 19.0. The van der Waals surface area contributed by atoms with Gasteiger partial charge in [0.2, 0.25) is 11.8 Å². The van der Waals surface area contributed by atoms with E-state index in [0.717, 1.165) is 32.1 Å². The number of aromatic nitrogens is 3. The molecule has 2 aliphatic heterocycles. The summed E-state index contributed by atoms with van der Waals surface area (Å²) in [7, 11) is -16.3. The Hall–Kier alpha value is -1.73. The number of nitrogens with one attached hydrogen (secondary N) is 2. The Bertz CT molecular complexity index is 3500. The van der Waals surface area contributed by atoms with Crippen molar-refractivity contribution >= 4 is 70.6 Å². The number of fused-ring (bicyclic) bond motifs is 1. The zero-order chi connectivity index (χ0) is 64.7. The number of ether oxygens (including phenoxy) is 6. The van der Waals surface area contributed by atoms with Gasteiger partial charge < -0.3 is 88.1 Å². The van der Waals surface area contributed by atoms with Crippen molar-refractivity contribution in [3.05, 3.63) is 72.1 Å². The van der Waals surface area contributed by atoms with Gasteiger partial charge in [0.15, 0.2) is 18.7 Å². The van der Waals surface area contributed by atoms with Crippen LogP contribution in [0.15, 0.2) is 75.5 Å². The Morgan fingerprint density at radius 2 is 1.42 bits per heavy atom. The molecule has 2 aliphatic carbocycles. The number of anilines is 1. The van der Waals surface area contributed by atoms with Crippen LogP contribution in [0.1, 0.15) is 107 Å². The van der Waals surface area contributed by atoms with Crippen molar-refractivity contribution in [2.75, 3.05) is 18.5 Å². The summed E-state index contributed by atoms with van der Waals surface area (Å²) >= 11 is 0. The number of aliphatic carboxylic acids is 1. The molecule has 0 radical (unpaired) electrons. The summed E-state index contributed by atoms with van der Waals surface area (Å²) < 4.78 is 147. The van der Waals surface area contributed by atoms with E-state index in [1.807, 2.05) is 0 Å². The second-order valence-corrected chi connectivity index (χ2v) is 26.8. The number of esters is 1. The second kappa shape index (κ2) is 37.1. The van der Waals surface area contributed by atoms with Crippen LogP contribution in [0.25, 0.3) is 10.8 Å². The van der Waals surface area contributed by atoms with Crippen LogP contribution in [0.3, 0.4) is 0 Å². The first-order chi connectivity index (χ1) is 42.1. The predicted molar refractivity (Wildman–Crippen MR) is 298 cm³/mol. The van der Waals surface area contributed by atoms with E-state index in [-0.39, 0.29) is 194 Å². The third kappa shape index (κ3) is 21.9. The third-order valence-electron chi connectivity index (χ3n) is 16.6. The molecule has 492 valence electrons. The molecule has 4 fully saturated rings. The zero-order valence-electron chi connectivity index (χ0n) is 52.3. The minimum atomic E-state index is -5.58. The van der Waals surface area contributed by atoms with Gasteiger partial charge in [-0.15, -0.1) is 5.10 Å². The Morgan fingerprint density at radius 1 is 0.763 bits per heavy atom. The molecule has 4 aromatic rings. The summed E-state index contributed by atoms with van der Waals surface area (Å²) in [5, 5.41) is 79.7. The normalized spacial score (nSPS) is 27.2. The second-order valence-electron chi connectivity index (χ2n) is 22.7. The Morgan fingerprint density at radius 3 is 2.03 bits per heavy atom. The smallest absolute Gasteiger partial charge is 0.744 e. The van der Waals surface area contributed by atoms with Gasteiger partial charge in [0.1, 0.15) is 67.0 Å². The molecule has 0 spiro atoms. The Kier molecular flexibility index (Phi) is 33.4. The van der Waals surface area contributed by atoms with Crippen molar-refractivity contribution in [1.29, 1.82) is 0 Å². The number of nitrogens with zero attached hydrogens (tertiary/aromatic N) is 3. The van der Waals surface area contributed by atoms with E-state index in [4.69, 9.17) is 28.4 Å². The summed E-state index contributed by atoms with van der Waals surface area (Å²) in [4.78, 5) is 50.5. The van der Waals surface area contributed by atoms with E-state index in [2.05, 4.69) is 20.9 Å². The molecule has 30 nitrogen and oxygen atoms in total. The van der Waals surface area contributed by atoms with Crippen molar-refractivity contribution in [3.63, 3.8) is 0 Å². The molecule has 4 aliphatic rings. The minimum Gasteiger partial charge on any atom is -0.744 e. The molecule has 3 aromatic carbocycles. The van der Waals surface area contributed by atoms with Crippen LogP contribution in [0.2, 0.25) is 0 Å². The van der Waals surface area contributed by atoms with Gasteiger partial charge in [-0.1, -0.05) is 62.4 Å². The molecule has 7 N–H and O–H groups in total. The molecular weight excluding hydrogens is 1330 g/mol.